The summed E-state index contributed by atoms with van der Waals surface area (Å²) in [5.74, 6) is 0.856. The van der Waals surface area contributed by atoms with Crippen molar-refractivity contribution in [1.29, 1.82) is 0 Å². The topological polar surface area (TPSA) is 52.5 Å². The van der Waals surface area contributed by atoms with Gasteiger partial charge in [-0.15, -0.1) is 0 Å². The number of benzene rings is 1. The zero-order chi connectivity index (χ0) is 11.5. The summed E-state index contributed by atoms with van der Waals surface area (Å²) in [6, 6.07) is 5.72. The van der Waals surface area contributed by atoms with E-state index in [2.05, 4.69) is 5.32 Å². The van der Waals surface area contributed by atoms with Crippen LogP contribution >= 0.6 is 0 Å². The van der Waals surface area contributed by atoms with Crippen LogP contribution in [0.1, 0.15) is 24.0 Å². The molecule has 1 unspecified atom stereocenters. The zero-order valence-corrected chi connectivity index (χ0v) is 9.61. The van der Waals surface area contributed by atoms with Crippen molar-refractivity contribution in [3.05, 3.63) is 29.3 Å². The van der Waals surface area contributed by atoms with Crippen molar-refractivity contribution in [2.45, 2.75) is 32.4 Å². The first-order valence-electron chi connectivity index (χ1n) is 5.84. The zero-order valence-electron chi connectivity index (χ0n) is 9.61. The van der Waals surface area contributed by atoms with Gasteiger partial charge in [-0.05, 0) is 31.2 Å². The van der Waals surface area contributed by atoms with Gasteiger partial charge in [-0.3, -0.25) is 0 Å². The largest absolute Gasteiger partial charge is 0.507 e. The summed E-state index contributed by atoms with van der Waals surface area (Å²) in [6.45, 7) is 3.10. The molecule has 88 valence electrons. The maximum atomic E-state index is 9.78. The third kappa shape index (κ3) is 2.74. The van der Waals surface area contributed by atoms with Gasteiger partial charge in [0, 0.05) is 18.7 Å². The van der Waals surface area contributed by atoms with E-state index in [-0.39, 0.29) is 6.10 Å². The van der Waals surface area contributed by atoms with E-state index >= 15 is 0 Å². The summed E-state index contributed by atoms with van der Waals surface area (Å²) < 4.78 is 0. The van der Waals surface area contributed by atoms with Crippen molar-refractivity contribution in [2.24, 2.45) is 5.92 Å². The number of aromatic hydroxyl groups is 1. The third-order valence-corrected chi connectivity index (χ3v) is 3.16. The highest BCUT2D eigenvalue weighted by molar-refractivity contribution is 5.39. The van der Waals surface area contributed by atoms with Gasteiger partial charge < -0.3 is 15.5 Å². The van der Waals surface area contributed by atoms with Gasteiger partial charge in [-0.2, -0.15) is 0 Å². The van der Waals surface area contributed by atoms with Gasteiger partial charge in [-0.25, -0.2) is 0 Å². The van der Waals surface area contributed by atoms with Crippen LogP contribution in [0.2, 0.25) is 0 Å². The van der Waals surface area contributed by atoms with E-state index in [9.17, 15) is 10.2 Å². The van der Waals surface area contributed by atoms with Crippen molar-refractivity contribution < 1.29 is 10.2 Å². The standard InChI is InChI=1S/C13H19NO2/c1-9-3-2-4-11(13(9)16)7-14-8-12(15)10-5-6-10/h2-4,10,12,14-16H,5-8H2,1H3. The molecule has 0 amide bonds. The molecule has 1 saturated carbocycles. The van der Waals surface area contributed by atoms with Gasteiger partial charge in [0.05, 0.1) is 6.10 Å². The van der Waals surface area contributed by atoms with Gasteiger partial charge >= 0.3 is 0 Å². The highest BCUT2D eigenvalue weighted by Crippen LogP contribution is 2.32. The number of nitrogens with one attached hydrogen (secondary N) is 1. The van der Waals surface area contributed by atoms with Crippen molar-refractivity contribution in [3.8, 4) is 5.75 Å². The molecule has 0 aromatic heterocycles. The SMILES string of the molecule is Cc1cccc(CNCC(O)C2CC2)c1O. The molecular weight excluding hydrogens is 202 g/mol. The van der Waals surface area contributed by atoms with Crippen LogP contribution in [0.3, 0.4) is 0 Å². The molecule has 16 heavy (non-hydrogen) atoms. The molecule has 0 saturated heterocycles. The summed E-state index contributed by atoms with van der Waals surface area (Å²) in [5, 5.41) is 22.6. The second-order valence-corrected chi connectivity index (χ2v) is 4.62. The van der Waals surface area contributed by atoms with Crippen molar-refractivity contribution in [3.63, 3.8) is 0 Å². The number of rotatable bonds is 5. The Morgan fingerprint density at radius 3 is 2.88 bits per heavy atom. The monoisotopic (exact) mass is 221 g/mol. The molecule has 0 aliphatic heterocycles. The van der Waals surface area contributed by atoms with E-state index in [1.54, 1.807) is 0 Å². The van der Waals surface area contributed by atoms with Crippen LogP contribution in [0.15, 0.2) is 18.2 Å². The maximum absolute atomic E-state index is 9.78. The lowest BCUT2D eigenvalue weighted by Crippen LogP contribution is -2.27. The summed E-state index contributed by atoms with van der Waals surface area (Å²) >= 11 is 0. The number of phenolic OH excluding ortho intramolecular Hbond substituents is 1. The fraction of sp³-hybridized carbons (Fsp3) is 0.538. The van der Waals surface area contributed by atoms with Crippen LogP contribution < -0.4 is 5.32 Å². The number of aliphatic hydroxyl groups excluding tert-OH is 1. The fourth-order valence-electron chi connectivity index (χ4n) is 1.86. The highest BCUT2D eigenvalue weighted by Gasteiger charge is 2.29. The minimum Gasteiger partial charge on any atom is -0.507 e. The fourth-order valence-corrected chi connectivity index (χ4v) is 1.86. The lowest BCUT2D eigenvalue weighted by molar-refractivity contribution is 0.148. The van der Waals surface area contributed by atoms with Crippen molar-refractivity contribution in [1.82, 2.24) is 5.32 Å². The number of para-hydroxylation sites is 1. The average molecular weight is 221 g/mol. The van der Waals surface area contributed by atoms with E-state index in [0.29, 0.717) is 24.8 Å². The molecule has 1 aliphatic rings. The van der Waals surface area contributed by atoms with E-state index < -0.39 is 0 Å². The lowest BCUT2D eigenvalue weighted by atomic mass is 10.1. The molecule has 3 heteroatoms. The lowest BCUT2D eigenvalue weighted by Gasteiger charge is -2.12. The Hall–Kier alpha value is -1.06. The summed E-state index contributed by atoms with van der Waals surface area (Å²) in [5.41, 5.74) is 1.78. The highest BCUT2D eigenvalue weighted by atomic mass is 16.3. The summed E-state index contributed by atoms with van der Waals surface area (Å²) in [6.07, 6.45) is 2.07. The number of phenols is 1. The van der Waals surface area contributed by atoms with Gasteiger partial charge in [0.25, 0.3) is 0 Å². The second-order valence-electron chi connectivity index (χ2n) is 4.62. The molecule has 1 aromatic rings. The second kappa shape index (κ2) is 4.85. The van der Waals surface area contributed by atoms with Crippen molar-refractivity contribution in [2.75, 3.05) is 6.54 Å². The molecular formula is C13H19NO2. The molecule has 3 nitrogen and oxygen atoms in total. The Kier molecular flexibility index (Phi) is 3.46. The molecule has 2 rings (SSSR count). The molecule has 0 radical (unpaired) electrons. The third-order valence-electron chi connectivity index (χ3n) is 3.16. The number of aryl methyl sites for hydroxylation is 1. The molecule has 1 aliphatic carbocycles. The normalized spacial score (nSPS) is 17.4. The minimum absolute atomic E-state index is 0.230. The predicted octanol–water partition coefficient (Wildman–Crippen LogP) is 1.56. The molecule has 1 fully saturated rings. The number of hydrogen-bond acceptors (Lipinski definition) is 3. The summed E-state index contributed by atoms with van der Waals surface area (Å²) in [7, 11) is 0. The molecule has 1 atom stereocenters. The van der Waals surface area contributed by atoms with Crippen molar-refractivity contribution >= 4 is 0 Å². The Morgan fingerprint density at radius 1 is 1.44 bits per heavy atom. The smallest absolute Gasteiger partial charge is 0.122 e. The number of aliphatic hydroxyl groups is 1. The molecule has 0 spiro atoms. The van der Waals surface area contributed by atoms with Gasteiger partial charge in [0.15, 0.2) is 0 Å². The van der Waals surface area contributed by atoms with E-state index in [1.165, 1.54) is 0 Å². The van der Waals surface area contributed by atoms with Crippen LogP contribution in [0.25, 0.3) is 0 Å². The Morgan fingerprint density at radius 2 is 2.19 bits per heavy atom. The first-order valence-corrected chi connectivity index (χ1v) is 5.84. The van der Waals surface area contributed by atoms with Gasteiger partial charge in [-0.1, -0.05) is 18.2 Å². The quantitative estimate of drug-likeness (QED) is 0.707. The Labute approximate surface area is 96.1 Å². The van der Waals surface area contributed by atoms with Crippen LogP contribution in [-0.2, 0) is 6.54 Å². The first-order chi connectivity index (χ1) is 7.68. The van der Waals surface area contributed by atoms with Crippen LogP contribution in [0, 0.1) is 12.8 Å². The Balaban J connectivity index is 1.82. The van der Waals surface area contributed by atoms with E-state index in [4.69, 9.17) is 0 Å². The van der Waals surface area contributed by atoms with Crippen LogP contribution in [0.5, 0.6) is 5.75 Å². The number of hydrogen-bond donors (Lipinski definition) is 3. The van der Waals surface area contributed by atoms with Gasteiger partial charge in [0.2, 0.25) is 0 Å². The molecule has 1 aromatic carbocycles. The Bertz CT molecular complexity index is 361. The molecule has 0 heterocycles. The van der Waals surface area contributed by atoms with Crippen LogP contribution in [-0.4, -0.2) is 22.9 Å². The minimum atomic E-state index is -0.230. The van der Waals surface area contributed by atoms with E-state index in [1.807, 2.05) is 25.1 Å². The first kappa shape index (κ1) is 11.4. The van der Waals surface area contributed by atoms with E-state index in [0.717, 1.165) is 24.0 Å². The average Bonchev–Trinajstić information content (AvgIpc) is 3.07. The predicted molar refractivity (Wildman–Crippen MR) is 63.3 cm³/mol. The molecule has 0 bridgehead atoms. The van der Waals surface area contributed by atoms with Crippen LogP contribution in [0.4, 0.5) is 0 Å². The molecule has 3 N–H and O–H groups in total. The summed E-state index contributed by atoms with van der Waals surface area (Å²) in [4.78, 5) is 0. The maximum Gasteiger partial charge on any atom is 0.122 e. The van der Waals surface area contributed by atoms with Gasteiger partial charge in [0.1, 0.15) is 5.75 Å².